The number of nitrogens with zero attached hydrogens (tertiary/aromatic N) is 2. The van der Waals surface area contributed by atoms with Gasteiger partial charge in [-0.2, -0.15) is 0 Å². The van der Waals surface area contributed by atoms with Gasteiger partial charge >= 0.3 is 0 Å². The minimum atomic E-state index is -4.29. The average molecular weight is 570 g/mol. The van der Waals surface area contributed by atoms with Gasteiger partial charge in [-0.05, 0) is 88.7 Å². The lowest BCUT2D eigenvalue weighted by molar-refractivity contribution is -0.139. The van der Waals surface area contributed by atoms with E-state index in [9.17, 15) is 22.4 Å². The van der Waals surface area contributed by atoms with E-state index >= 15 is 0 Å². The SMILES string of the molecule is CCOc1ccc(N(CC(=O)N(Cc2ccc(C)cc2)[C@@H](C)C(=O)NC(C)C)S(=O)(=O)c2ccc(F)cc2)cc1. The maximum absolute atomic E-state index is 13.9. The van der Waals surface area contributed by atoms with Gasteiger partial charge < -0.3 is 15.0 Å². The van der Waals surface area contributed by atoms with Crippen LogP contribution in [0.1, 0.15) is 38.8 Å². The molecule has 0 heterocycles. The molecule has 1 N–H and O–H groups in total. The molecule has 3 aromatic carbocycles. The lowest BCUT2D eigenvalue weighted by Crippen LogP contribution is -2.52. The first-order chi connectivity index (χ1) is 18.9. The van der Waals surface area contributed by atoms with E-state index in [1.807, 2.05) is 52.0 Å². The molecule has 40 heavy (non-hydrogen) atoms. The summed E-state index contributed by atoms with van der Waals surface area (Å²) in [5.74, 6) is -0.982. The van der Waals surface area contributed by atoms with Crippen LogP contribution in [0.25, 0.3) is 0 Å². The molecule has 3 aromatic rings. The predicted molar refractivity (Wildman–Crippen MR) is 153 cm³/mol. The van der Waals surface area contributed by atoms with E-state index in [1.54, 1.807) is 31.2 Å². The number of benzene rings is 3. The van der Waals surface area contributed by atoms with E-state index in [1.165, 1.54) is 4.90 Å². The van der Waals surface area contributed by atoms with Crippen LogP contribution in [0.15, 0.2) is 77.7 Å². The van der Waals surface area contributed by atoms with Crippen molar-refractivity contribution in [2.24, 2.45) is 0 Å². The highest BCUT2D eigenvalue weighted by Gasteiger charge is 2.32. The highest BCUT2D eigenvalue weighted by atomic mass is 32.2. The number of hydrogen-bond acceptors (Lipinski definition) is 5. The third-order valence-electron chi connectivity index (χ3n) is 6.19. The van der Waals surface area contributed by atoms with E-state index in [2.05, 4.69) is 5.32 Å². The number of sulfonamides is 1. The van der Waals surface area contributed by atoms with Gasteiger partial charge in [0.1, 0.15) is 24.2 Å². The van der Waals surface area contributed by atoms with Crippen LogP contribution in [0.4, 0.5) is 10.1 Å². The van der Waals surface area contributed by atoms with Crippen molar-refractivity contribution in [3.63, 3.8) is 0 Å². The zero-order valence-electron chi connectivity index (χ0n) is 23.4. The van der Waals surface area contributed by atoms with Crippen molar-refractivity contribution in [3.8, 4) is 5.75 Å². The van der Waals surface area contributed by atoms with Crippen LogP contribution in [0.3, 0.4) is 0 Å². The van der Waals surface area contributed by atoms with Crippen LogP contribution in [-0.2, 0) is 26.2 Å². The molecule has 0 aliphatic carbocycles. The van der Waals surface area contributed by atoms with Crippen LogP contribution in [0, 0.1) is 12.7 Å². The Bertz CT molecular complexity index is 1390. The number of carbonyl (C=O) groups excluding carboxylic acids is 2. The van der Waals surface area contributed by atoms with Crippen LogP contribution in [-0.4, -0.2) is 50.4 Å². The summed E-state index contributed by atoms with van der Waals surface area (Å²) in [7, 11) is -4.29. The maximum atomic E-state index is 13.9. The molecule has 214 valence electrons. The number of aryl methyl sites for hydroxylation is 1. The molecule has 0 fully saturated rings. The molecule has 2 amide bonds. The Labute approximate surface area is 235 Å². The summed E-state index contributed by atoms with van der Waals surface area (Å²) >= 11 is 0. The van der Waals surface area contributed by atoms with E-state index in [0.717, 1.165) is 39.7 Å². The second-order valence-corrected chi connectivity index (χ2v) is 11.6. The molecule has 3 rings (SSSR count). The van der Waals surface area contributed by atoms with Crippen molar-refractivity contribution >= 4 is 27.5 Å². The summed E-state index contributed by atoms with van der Waals surface area (Å²) in [6.07, 6.45) is 0. The lowest BCUT2D eigenvalue weighted by Gasteiger charge is -2.32. The zero-order valence-corrected chi connectivity index (χ0v) is 24.2. The van der Waals surface area contributed by atoms with Gasteiger partial charge in [-0.25, -0.2) is 12.8 Å². The molecule has 0 unspecified atom stereocenters. The average Bonchev–Trinajstić information content (AvgIpc) is 2.91. The molecule has 8 nitrogen and oxygen atoms in total. The second-order valence-electron chi connectivity index (χ2n) is 9.74. The van der Waals surface area contributed by atoms with Crippen molar-refractivity contribution in [2.45, 2.75) is 58.1 Å². The standard InChI is InChI=1S/C30H36FN3O5S/c1-6-39-27-15-13-26(14-16-27)34(40(37,38)28-17-11-25(31)12-18-28)20-29(35)33(23(5)30(36)32-21(2)3)19-24-9-7-22(4)8-10-24/h7-18,21,23H,6,19-20H2,1-5H3,(H,32,36)/t23-/m0/s1. The third kappa shape index (κ3) is 7.81. The van der Waals surface area contributed by atoms with Crippen LogP contribution in [0.5, 0.6) is 5.75 Å². The first-order valence-electron chi connectivity index (χ1n) is 13.1. The number of ether oxygens (including phenoxy) is 1. The summed E-state index contributed by atoms with van der Waals surface area (Å²) in [6.45, 7) is 8.97. The van der Waals surface area contributed by atoms with E-state index in [-0.39, 0.29) is 29.1 Å². The molecule has 0 spiro atoms. The predicted octanol–water partition coefficient (Wildman–Crippen LogP) is 4.67. The topological polar surface area (TPSA) is 96.0 Å². The molecular formula is C30H36FN3O5S. The Morgan fingerprint density at radius 3 is 2.08 bits per heavy atom. The molecule has 0 radical (unpaired) electrons. The normalized spacial score (nSPS) is 12.1. The van der Waals surface area contributed by atoms with Gasteiger partial charge in [0.25, 0.3) is 10.0 Å². The maximum Gasteiger partial charge on any atom is 0.264 e. The zero-order chi connectivity index (χ0) is 29.4. The minimum absolute atomic E-state index is 0.0967. The van der Waals surface area contributed by atoms with Gasteiger partial charge in [0, 0.05) is 12.6 Å². The quantitative estimate of drug-likeness (QED) is 0.342. The Hall–Kier alpha value is -3.92. The molecule has 1 atom stereocenters. The highest BCUT2D eigenvalue weighted by Crippen LogP contribution is 2.27. The van der Waals surface area contributed by atoms with Crippen molar-refractivity contribution < 1.29 is 27.1 Å². The van der Waals surface area contributed by atoms with Gasteiger partial charge in [0.2, 0.25) is 11.8 Å². The summed E-state index contributed by atoms with van der Waals surface area (Å²) in [5.41, 5.74) is 2.05. The smallest absolute Gasteiger partial charge is 0.264 e. The van der Waals surface area contributed by atoms with Crippen molar-refractivity contribution in [2.75, 3.05) is 17.5 Å². The fourth-order valence-electron chi connectivity index (χ4n) is 4.02. The fraction of sp³-hybridized carbons (Fsp3) is 0.333. The number of carbonyl (C=O) groups is 2. The first kappa shape index (κ1) is 30.6. The number of rotatable bonds is 12. The molecule has 0 aromatic heterocycles. The minimum Gasteiger partial charge on any atom is -0.494 e. The Morgan fingerprint density at radius 1 is 0.925 bits per heavy atom. The van der Waals surface area contributed by atoms with Crippen LogP contribution >= 0.6 is 0 Å². The Kier molecular flexibility index (Phi) is 10.3. The van der Waals surface area contributed by atoms with E-state index in [0.29, 0.717) is 12.4 Å². The van der Waals surface area contributed by atoms with Crippen molar-refractivity contribution in [1.82, 2.24) is 10.2 Å². The van der Waals surface area contributed by atoms with Gasteiger partial charge in [0.05, 0.1) is 17.2 Å². The first-order valence-corrected chi connectivity index (χ1v) is 14.5. The lowest BCUT2D eigenvalue weighted by atomic mass is 10.1. The molecule has 0 bridgehead atoms. The van der Waals surface area contributed by atoms with Gasteiger partial charge in [-0.15, -0.1) is 0 Å². The number of nitrogens with one attached hydrogen (secondary N) is 1. The summed E-state index contributed by atoms with van der Waals surface area (Å²) in [5, 5.41) is 2.82. The monoisotopic (exact) mass is 569 g/mol. The molecule has 10 heteroatoms. The third-order valence-corrected chi connectivity index (χ3v) is 7.98. The number of hydrogen-bond donors (Lipinski definition) is 1. The number of anilines is 1. The summed E-state index contributed by atoms with van der Waals surface area (Å²) < 4.78 is 47.6. The largest absolute Gasteiger partial charge is 0.494 e. The summed E-state index contributed by atoms with van der Waals surface area (Å²) in [6, 6.07) is 17.2. The van der Waals surface area contributed by atoms with Crippen LogP contribution < -0.4 is 14.4 Å². The second kappa shape index (κ2) is 13.4. The van der Waals surface area contributed by atoms with Gasteiger partial charge in [-0.3, -0.25) is 13.9 Å². The van der Waals surface area contributed by atoms with Crippen molar-refractivity contribution in [3.05, 3.63) is 89.7 Å². The molecule has 0 aliphatic heterocycles. The Morgan fingerprint density at radius 2 is 1.52 bits per heavy atom. The Balaban J connectivity index is 2.02. The van der Waals surface area contributed by atoms with E-state index in [4.69, 9.17) is 4.74 Å². The number of halogens is 1. The fourth-order valence-corrected chi connectivity index (χ4v) is 5.43. The van der Waals surface area contributed by atoms with Crippen molar-refractivity contribution in [1.29, 1.82) is 0 Å². The van der Waals surface area contributed by atoms with Gasteiger partial charge in [-0.1, -0.05) is 29.8 Å². The van der Waals surface area contributed by atoms with Crippen LogP contribution in [0.2, 0.25) is 0 Å². The molecule has 0 aliphatic rings. The summed E-state index contributed by atoms with van der Waals surface area (Å²) in [4.78, 5) is 28.0. The van der Waals surface area contributed by atoms with Gasteiger partial charge in [0.15, 0.2) is 0 Å². The number of amides is 2. The molecule has 0 saturated carbocycles. The molecule has 0 saturated heterocycles. The molecular weight excluding hydrogens is 533 g/mol. The highest BCUT2D eigenvalue weighted by molar-refractivity contribution is 7.92. The van der Waals surface area contributed by atoms with E-state index < -0.39 is 34.3 Å².